The molecule has 0 bridgehead atoms. The number of aliphatic hydroxyl groups excluding tert-OH is 1. The highest BCUT2D eigenvalue weighted by Crippen LogP contribution is 2.31. The molecular formula is C24H30BrN3O4. The molecule has 1 aliphatic heterocycles. The van der Waals surface area contributed by atoms with Crippen LogP contribution in [0.2, 0.25) is 0 Å². The van der Waals surface area contributed by atoms with Crippen molar-refractivity contribution < 1.29 is 19.5 Å². The first kappa shape index (κ1) is 23.0. The van der Waals surface area contributed by atoms with Gasteiger partial charge in [-0.25, -0.2) is 4.79 Å². The molecule has 172 valence electrons. The second kappa shape index (κ2) is 9.39. The van der Waals surface area contributed by atoms with Gasteiger partial charge in [0.05, 0.1) is 12.6 Å². The molecule has 32 heavy (non-hydrogen) atoms. The smallest absolute Gasteiger partial charge is 0.427 e. The second-order valence-electron chi connectivity index (χ2n) is 9.23. The molecule has 1 atom stereocenters. The number of hydrogen-bond acceptors (Lipinski definition) is 6. The second-order valence-corrected chi connectivity index (χ2v) is 10.1. The number of ether oxygens (including phenoxy) is 1. The average Bonchev–Trinajstić information content (AvgIpc) is 3.01. The number of hydroxylamine groups is 2. The van der Waals surface area contributed by atoms with Crippen LogP contribution in [-0.4, -0.2) is 70.2 Å². The summed E-state index contributed by atoms with van der Waals surface area (Å²) in [6.45, 7) is 9.08. The van der Waals surface area contributed by atoms with Crippen molar-refractivity contribution in [3.8, 4) is 0 Å². The van der Waals surface area contributed by atoms with Gasteiger partial charge in [0.2, 0.25) is 0 Å². The van der Waals surface area contributed by atoms with Crippen molar-refractivity contribution >= 4 is 43.9 Å². The molecule has 1 saturated heterocycles. The molecule has 4 rings (SSSR count). The number of piperazine rings is 1. The van der Waals surface area contributed by atoms with Crippen LogP contribution in [0.3, 0.4) is 0 Å². The van der Waals surface area contributed by atoms with Gasteiger partial charge in [0, 0.05) is 59.0 Å². The van der Waals surface area contributed by atoms with E-state index in [1.54, 1.807) is 5.06 Å². The Balaban J connectivity index is 1.36. The fraction of sp³-hybridized carbons (Fsp3) is 0.458. The molecule has 0 aliphatic carbocycles. The third kappa shape index (κ3) is 5.43. The van der Waals surface area contributed by atoms with Gasteiger partial charge >= 0.3 is 6.16 Å². The van der Waals surface area contributed by atoms with E-state index in [9.17, 15) is 9.90 Å². The number of rotatable bonds is 5. The predicted molar refractivity (Wildman–Crippen MR) is 128 cm³/mol. The van der Waals surface area contributed by atoms with Gasteiger partial charge in [-0.2, -0.15) is 0 Å². The van der Waals surface area contributed by atoms with Crippen LogP contribution in [0, 0.1) is 0 Å². The number of nitrogens with zero attached hydrogens (tertiary/aromatic N) is 3. The van der Waals surface area contributed by atoms with Crippen LogP contribution in [0.4, 0.5) is 4.79 Å². The van der Waals surface area contributed by atoms with E-state index in [0.29, 0.717) is 39.3 Å². The molecule has 3 aromatic rings. The van der Waals surface area contributed by atoms with E-state index in [1.165, 1.54) is 10.8 Å². The Morgan fingerprint density at radius 3 is 2.44 bits per heavy atom. The minimum atomic E-state index is -0.677. The summed E-state index contributed by atoms with van der Waals surface area (Å²) in [6, 6.07) is 14.6. The molecule has 0 radical (unpaired) electrons. The zero-order valence-electron chi connectivity index (χ0n) is 18.8. The number of aliphatic hydroxyl groups is 1. The molecule has 7 nitrogen and oxygen atoms in total. The minimum Gasteiger partial charge on any atom is -0.427 e. The van der Waals surface area contributed by atoms with Gasteiger partial charge in [-0.15, -0.1) is 5.06 Å². The summed E-state index contributed by atoms with van der Waals surface area (Å²) in [5.74, 6) is 0. The Bertz CT molecular complexity index is 1100. The fourth-order valence-corrected chi connectivity index (χ4v) is 4.53. The maximum atomic E-state index is 11.9. The molecule has 0 spiro atoms. The Hall–Kier alpha value is -2.13. The lowest BCUT2D eigenvalue weighted by Crippen LogP contribution is -2.49. The monoisotopic (exact) mass is 503 g/mol. The van der Waals surface area contributed by atoms with E-state index < -0.39 is 17.9 Å². The molecule has 0 saturated carbocycles. The van der Waals surface area contributed by atoms with Crippen molar-refractivity contribution in [2.75, 3.05) is 32.7 Å². The Labute approximate surface area is 196 Å². The molecule has 1 aromatic heterocycles. The van der Waals surface area contributed by atoms with Crippen LogP contribution in [0.5, 0.6) is 0 Å². The predicted octanol–water partition coefficient (Wildman–Crippen LogP) is 4.40. The first-order valence-corrected chi connectivity index (χ1v) is 11.7. The van der Waals surface area contributed by atoms with Gasteiger partial charge in [0.1, 0.15) is 5.60 Å². The van der Waals surface area contributed by atoms with Crippen LogP contribution in [0.1, 0.15) is 20.8 Å². The number of hydrogen-bond donors (Lipinski definition) is 1. The van der Waals surface area contributed by atoms with E-state index in [-0.39, 0.29) is 0 Å². The Morgan fingerprint density at radius 1 is 1.03 bits per heavy atom. The number of β-amino-alcohol motifs (C(OH)–C–C–N with tert-alkyl or cyclic N) is 1. The third-order valence-electron chi connectivity index (χ3n) is 5.52. The number of halogens is 1. The number of para-hydroxylation sites is 1. The van der Waals surface area contributed by atoms with Crippen molar-refractivity contribution in [1.82, 2.24) is 14.5 Å². The lowest BCUT2D eigenvalue weighted by Gasteiger charge is -2.34. The fourth-order valence-electron chi connectivity index (χ4n) is 4.17. The first-order chi connectivity index (χ1) is 15.2. The Morgan fingerprint density at radius 2 is 1.72 bits per heavy atom. The molecule has 0 amide bonds. The summed E-state index contributed by atoms with van der Waals surface area (Å²) < 4.78 is 8.45. The summed E-state index contributed by atoms with van der Waals surface area (Å²) in [5.41, 5.74) is 1.66. The lowest BCUT2D eigenvalue weighted by atomic mass is 10.2. The third-order valence-corrected chi connectivity index (χ3v) is 6.01. The molecule has 8 heteroatoms. The minimum absolute atomic E-state index is 0.514. The number of carbonyl (C=O) groups is 1. The maximum Gasteiger partial charge on any atom is 0.528 e. The van der Waals surface area contributed by atoms with Crippen molar-refractivity contribution in [1.29, 1.82) is 0 Å². The van der Waals surface area contributed by atoms with E-state index in [2.05, 4.69) is 49.7 Å². The molecule has 1 unspecified atom stereocenters. The van der Waals surface area contributed by atoms with E-state index in [0.717, 1.165) is 15.5 Å². The van der Waals surface area contributed by atoms with Crippen LogP contribution < -0.4 is 0 Å². The normalized spacial score (nSPS) is 17.0. The van der Waals surface area contributed by atoms with E-state index in [1.807, 2.05) is 39.0 Å². The number of fused-ring (bicyclic) bond motifs is 3. The van der Waals surface area contributed by atoms with Crippen molar-refractivity contribution in [3.05, 3.63) is 46.9 Å². The van der Waals surface area contributed by atoms with E-state index in [4.69, 9.17) is 9.57 Å². The number of benzene rings is 2. The standard InChI is InChI=1S/C24H30BrN3O4/c1-24(2,3)31-23(30)32-27-12-10-26(11-13-27)15-18(29)16-28-21-7-5-4-6-19(21)20-14-17(25)8-9-22(20)28/h4-9,14,18,29H,10-13,15-16H2,1-3H3. The highest BCUT2D eigenvalue weighted by Gasteiger charge is 2.25. The van der Waals surface area contributed by atoms with Gasteiger partial charge < -0.3 is 19.2 Å². The molecule has 2 aromatic carbocycles. The molecule has 2 heterocycles. The average molecular weight is 504 g/mol. The molecule has 1 fully saturated rings. The van der Waals surface area contributed by atoms with Crippen molar-refractivity contribution in [2.24, 2.45) is 0 Å². The zero-order valence-corrected chi connectivity index (χ0v) is 20.3. The maximum absolute atomic E-state index is 11.9. The summed E-state index contributed by atoms with van der Waals surface area (Å²) in [7, 11) is 0. The number of aromatic nitrogens is 1. The van der Waals surface area contributed by atoms with Gasteiger partial charge in [0.15, 0.2) is 0 Å². The van der Waals surface area contributed by atoms with Crippen LogP contribution in [0.15, 0.2) is 46.9 Å². The van der Waals surface area contributed by atoms with Crippen molar-refractivity contribution in [3.63, 3.8) is 0 Å². The largest absolute Gasteiger partial charge is 0.528 e. The van der Waals surface area contributed by atoms with Crippen molar-refractivity contribution in [2.45, 2.75) is 39.0 Å². The van der Waals surface area contributed by atoms with Gasteiger partial charge in [-0.1, -0.05) is 34.1 Å². The van der Waals surface area contributed by atoms with Crippen LogP contribution in [0.25, 0.3) is 21.8 Å². The highest BCUT2D eigenvalue weighted by molar-refractivity contribution is 9.10. The van der Waals surface area contributed by atoms with Gasteiger partial charge in [0.25, 0.3) is 0 Å². The van der Waals surface area contributed by atoms with Crippen LogP contribution >= 0.6 is 15.9 Å². The van der Waals surface area contributed by atoms with Gasteiger partial charge in [-0.3, -0.25) is 4.90 Å². The number of carbonyl (C=O) groups excluding carboxylic acids is 1. The summed E-state index contributed by atoms with van der Waals surface area (Å²) >= 11 is 3.57. The lowest BCUT2D eigenvalue weighted by molar-refractivity contribution is -0.159. The topological polar surface area (TPSA) is 67.2 Å². The zero-order chi connectivity index (χ0) is 22.9. The first-order valence-electron chi connectivity index (χ1n) is 10.9. The molecule has 1 aliphatic rings. The summed E-state index contributed by atoms with van der Waals surface area (Å²) in [4.78, 5) is 19.3. The molecule has 1 N–H and O–H groups in total. The molecular weight excluding hydrogens is 474 g/mol. The quantitative estimate of drug-likeness (QED) is 0.520. The summed E-state index contributed by atoms with van der Waals surface area (Å²) in [5, 5.41) is 14.9. The van der Waals surface area contributed by atoms with Crippen LogP contribution in [-0.2, 0) is 16.1 Å². The Kier molecular flexibility index (Phi) is 6.76. The highest BCUT2D eigenvalue weighted by atomic mass is 79.9. The summed E-state index contributed by atoms with van der Waals surface area (Å²) in [6.07, 6.45) is -1.19. The SMILES string of the molecule is CC(C)(C)OC(=O)ON1CCN(CC(O)Cn2c3ccccc3c3cc(Br)ccc32)CC1. The van der Waals surface area contributed by atoms with E-state index >= 15 is 0 Å². The van der Waals surface area contributed by atoms with Gasteiger partial charge in [-0.05, 0) is 45.0 Å².